The molecule has 2 unspecified atom stereocenters. The van der Waals surface area contributed by atoms with Crippen molar-refractivity contribution in [1.29, 1.82) is 0 Å². The normalized spacial score (nSPS) is 17.4. The van der Waals surface area contributed by atoms with Crippen molar-refractivity contribution in [3.63, 3.8) is 0 Å². The molecule has 0 saturated carbocycles. The summed E-state index contributed by atoms with van der Waals surface area (Å²) in [4.78, 5) is 10.9. The molecule has 0 aliphatic rings. The van der Waals surface area contributed by atoms with Crippen LogP contribution in [0, 0.1) is 5.92 Å². The Labute approximate surface area is 92.5 Å². The largest absolute Gasteiger partial charge is 0.480 e. The maximum absolute atomic E-state index is 10.9. The van der Waals surface area contributed by atoms with Crippen molar-refractivity contribution in [2.45, 2.75) is 57.6 Å². The lowest BCUT2D eigenvalue weighted by molar-refractivity contribution is -0.139. The fourth-order valence-corrected chi connectivity index (χ4v) is 1.85. The summed E-state index contributed by atoms with van der Waals surface area (Å²) in [6.45, 7) is 5.96. The van der Waals surface area contributed by atoms with Crippen molar-refractivity contribution in [1.82, 2.24) is 0 Å². The second-order valence-corrected chi connectivity index (χ2v) is 5.19. The molecular weight excluding hydrogens is 196 g/mol. The van der Waals surface area contributed by atoms with Gasteiger partial charge in [0.05, 0.1) is 0 Å². The van der Waals surface area contributed by atoms with Gasteiger partial charge in [0, 0.05) is 0 Å². The molecule has 0 fully saturated rings. The molecule has 0 aliphatic carbocycles. The number of hydrogen-bond donors (Lipinski definition) is 2. The molecule has 3 heteroatoms. The molecule has 0 aromatic heterocycles. The molecule has 1 N–H and O–H groups in total. The monoisotopic (exact) mass is 218 g/mol. The van der Waals surface area contributed by atoms with Crippen molar-refractivity contribution in [2.75, 3.05) is 0 Å². The summed E-state index contributed by atoms with van der Waals surface area (Å²) >= 11 is 4.20. The van der Waals surface area contributed by atoms with Crippen LogP contribution >= 0.6 is 12.6 Å². The van der Waals surface area contributed by atoms with Crippen LogP contribution in [0.25, 0.3) is 0 Å². The van der Waals surface area contributed by atoms with Gasteiger partial charge in [-0.15, -0.1) is 0 Å². The smallest absolute Gasteiger partial charge is 0.319 e. The molecule has 2 atom stereocenters. The second-order valence-electron chi connectivity index (χ2n) is 4.20. The molecule has 0 bridgehead atoms. The van der Waals surface area contributed by atoms with Gasteiger partial charge in [-0.1, -0.05) is 39.5 Å². The van der Waals surface area contributed by atoms with Crippen LogP contribution < -0.4 is 0 Å². The molecule has 14 heavy (non-hydrogen) atoms. The predicted molar refractivity (Wildman–Crippen MR) is 62.9 cm³/mol. The van der Waals surface area contributed by atoms with E-state index in [1.54, 1.807) is 6.92 Å². The Morgan fingerprint density at radius 2 is 2.07 bits per heavy atom. The standard InChI is InChI=1S/C11H22O2S/c1-4-6-7-9(5-2)8-11(3,14)10(12)13/h9,14H,4-8H2,1-3H3,(H,12,13). The van der Waals surface area contributed by atoms with E-state index in [0.29, 0.717) is 12.3 Å². The summed E-state index contributed by atoms with van der Waals surface area (Å²) in [5, 5.41) is 8.93. The minimum Gasteiger partial charge on any atom is -0.480 e. The molecule has 0 amide bonds. The van der Waals surface area contributed by atoms with E-state index in [1.165, 1.54) is 12.8 Å². The molecule has 0 rings (SSSR count). The van der Waals surface area contributed by atoms with E-state index >= 15 is 0 Å². The maximum atomic E-state index is 10.9. The Kier molecular flexibility index (Phi) is 6.25. The van der Waals surface area contributed by atoms with E-state index in [-0.39, 0.29) is 0 Å². The number of carbonyl (C=O) groups is 1. The number of carboxylic acids is 1. The zero-order valence-corrected chi connectivity index (χ0v) is 10.3. The van der Waals surface area contributed by atoms with Crippen LogP contribution in [-0.4, -0.2) is 15.8 Å². The average Bonchev–Trinajstić information content (AvgIpc) is 2.11. The van der Waals surface area contributed by atoms with Crippen LogP contribution in [0.15, 0.2) is 0 Å². The Morgan fingerprint density at radius 1 is 1.50 bits per heavy atom. The molecule has 0 aromatic rings. The third kappa shape index (κ3) is 4.89. The molecule has 0 heterocycles. The fourth-order valence-electron chi connectivity index (χ4n) is 1.59. The number of unbranched alkanes of at least 4 members (excludes halogenated alkanes) is 1. The first-order valence-corrected chi connectivity index (χ1v) is 5.84. The summed E-state index contributed by atoms with van der Waals surface area (Å²) in [5.74, 6) is -0.315. The molecule has 0 spiro atoms. The minimum absolute atomic E-state index is 0.494. The van der Waals surface area contributed by atoms with Crippen molar-refractivity contribution in [3.05, 3.63) is 0 Å². The Bertz CT molecular complexity index is 178. The first-order chi connectivity index (χ1) is 6.44. The summed E-state index contributed by atoms with van der Waals surface area (Å²) in [7, 11) is 0. The van der Waals surface area contributed by atoms with Gasteiger partial charge in [-0.05, 0) is 19.3 Å². The molecule has 0 aliphatic heterocycles. The molecule has 0 saturated heterocycles. The summed E-state index contributed by atoms with van der Waals surface area (Å²) in [5.41, 5.74) is 0. The minimum atomic E-state index is -0.867. The van der Waals surface area contributed by atoms with E-state index in [9.17, 15) is 4.79 Å². The van der Waals surface area contributed by atoms with Crippen LogP contribution in [0.2, 0.25) is 0 Å². The third-order valence-electron chi connectivity index (χ3n) is 2.69. The third-order valence-corrected chi connectivity index (χ3v) is 3.06. The predicted octanol–water partition coefficient (Wildman–Crippen LogP) is 3.37. The first-order valence-electron chi connectivity index (χ1n) is 5.39. The summed E-state index contributed by atoms with van der Waals surface area (Å²) < 4.78 is -0.867. The highest BCUT2D eigenvalue weighted by atomic mass is 32.1. The van der Waals surface area contributed by atoms with Crippen LogP contribution in [0.4, 0.5) is 0 Å². The van der Waals surface area contributed by atoms with Gasteiger partial charge >= 0.3 is 5.97 Å². The SMILES string of the molecule is CCCCC(CC)CC(C)(S)C(=O)O. The molecule has 84 valence electrons. The first kappa shape index (κ1) is 13.8. The van der Waals surface area contributed by atoms with Crippen molar-refractivity contribution in [3.8, 4) is 0 Å². The molecular formula is C11H22O2S. The molecule has 2 nitrogen and oxygen atoms in total. The highest BCUT2D eigenvalue weighted by molar-refractivity contribution is 7.82. The second kappa shape index (κ2) is 6.33. The van der Waals surface area contributed by atoms with E-state index < -0.39 is 10.7 Å². The van der Waals surface area contributed by atoms with Crippen LogP contribution in [0.3, 0.4) is 0 Å². The zero-order valence-electron chi connectivity index (χ0n) is 9.42. The number of rotatable bonds is 7. The van der Waals surface area contributed by atoms with Gasteiger partial charge < -0.3 is 5.11 Å². The number of thiol groups is 1. The van der Waals surface area contributed by atoms with Crippen molar-refractivity contribution in [2.24, 2.45) is 5.92 Å². The maximum Gasteiger partial charge on any atom is 0.319 e. The summed E-state index contributed by atoms with van der Waals surface area (Å²) in [6, 6.07) is 0. The lowest BCUT2D eigenvalue weighted by atomic mass is 9.89. The van der Waals surface area contributed by atoms with Gasteiger partial charge in [0.25, 0.3) is 0 Å². The van der Waals surface area contributed by atoms with Gasteiger partial charge in [-0.25, -0.2) is 0 Å². The van der Waals surface area contributed by atoms with E-state index in [1.807, 2.05) is 0 Å². The van der Waals surface area contributed by atoms with Crippen molar-refractivity contribution < 1.29 is 9.90 Å². The number of carboxylic acid groups (broad SMARTS) is 1. The molecule has 0 aromatic carbocycles. The van der Waals surface area contributed by atoms with Crippen molar-refractivity contribution >= 4 is 18.6 Å². The average molecular weight is 218 g/mol. The van der Waals surface area contributed by atoms with Crippen LogP contribution in [0.1, 0.15) is 52.9 Å². The van der Waals surface area contributed by atoms with Crippen LogP contribution in [-0.2, 0) is 4.79 Å². The Morgan fingerprint density at radius 3 is 2.43 bits per heavy atom. The number of aliphatic carboxylic acids is 1. The van der Waals surface area contributed by atoms with E-state index in [4.69, 9.17) is 5.11 Å². The van der Waals surface area contributed by atoms with Gasteiger partial charge in [0.15, 0.2) is 0 Å². The highest BCUT2D eigenvalue weighted by Crippen LogP contribution is 2.28. The number of hydrogen-bond acceptors (Lipinski definition) is 2. The summed E-state index contributed by atoms with van der Waals surface area (Å²) in [6.07, 6.45) is 5.19. The lowest BCUT2D eigenvalue weighted by Crippen LogP contribution is -2.31. The zero-order chi connectivity index (χ0) is 11.2. The van der Waals surface area contributed by atoms with Gasteiger partial charge in [-0.3, -0.25) is 4.79 Å². The topological polar surface area (TPSA) is 37.3 Å². The quantitative estimate of drug-likeness (QED) is 0.643. The van der Waals surface area contributed by atoms with Gasteiger partial charge in [-0.2, -0.15) is 12.6 Å². The Hall–Kier alpha value is -0.180. The van der Waals surface area contributed by atoms with E-state index in [2.05, 4.69) is 26.5 Å². The van der Waals surface area contributed by atoms with Crippen LogP contribution in [0.5, 0.6) is 0 Å². The fraction of sp³-hybridized carbons (Fsp3) is 0.909. The van der Waals surface area contributed by atoms with Gasteiger partial charge in [0.2, 0.25) is 0 Å². The Balaban J connectivity index is 4.09. The van der Waals surface area contributed by atoms with E-state index in [0.717, 1.165) is 12.8 Å². The van der Waals surface area contributed by atoms with Gasteiger partial charge in [0.1, 0.15) is 4.75 Å². The lowest BCUT2D eigenvalue weighted by Gasteiger charge is -2.24. The highest BCUT2D eigenvalue weighted by Gasteiger charge is 2.30. The molecule has 0 radical (unpaired) electrons.